The Labute approximate surface area is 499 Å². The van der Waals surface area contributed by atoms with Crippen molar-refractivity contribution in [1.82, 2.24) is 0 Å². The fourth-order valence-corrected chi connectivity index (χ4v) is 10.0. The zero-order valence-electron chi connectivity index (χ0n) is 52.2. The Kier molecular flexibility index (Phi) is 63.1. The molecule has 0 aliphatic carbocycles. The fourth-order valence-electron chi connectivity index (χ4n) is 9.24. The third-order valence-electron chi connectivity index (χ3n) is 14.1. The molecule has 10 heteroatoms. The molecule has 0 rings (SSSR count). The van der Waals surface area contributed by atoms with Gasteiger partial charge in [0.25, 0.3) is 0 Å². The summed E-state index contributed by atoms with van der Waals surface area (Å²) in [6, 6.07) is 0. The number of carbonyl (C=O) groups is 2. The number of ether oxygens (including phenoxy) is 2. The summed E-state index contributed by atoms with van der Waals surface area (Å²) in [4.78, 5) is 35.3. The third-order valence-corrected chi connectivity index (χ3v) is 15.1. The van der Waals surface area contributed by atoms with Gasteiger partial charge in [-0.1, -0.05) is 290 Å². The van der Waals surface area contributed by atoms with E-state index in [-0.39, 0.29) is 38.6 Å². The van der Waals surface area contributed by atoms with E-state index in [4.69, 9.17) is 24.3 Å². The van der Waals surface area contributed by atoms with Crippen LogP contribution in [0.3, 0.4) is 0 Å². The molecule has 0 saturated carbocycles. The second-order valence-electron chi connectivity index (χ2n) is 22.0. The highest BCUT2D eigenvalue weighted by Crippen LogP contribution is 2.43. The first-order valence-electron chi connectivity index (χ1n) is 33.4. The van der Waals surface area contributed by atoms with Crippen molar-refractivity contribution in [2.75, 3.05) is 26.4 Å². The number of allylic oxidation sites excluding steroid dienone is 18. The van der Waals surface area contributed by atoms with Crippen molar-refractivity contribution in [3.05, 3.63) is 109 Å². The minimum absolute atomic E-state index is 0.0495. The molecule has 466 valence electrons. The average Bonchev–Trinajstić information content (AvgIpc) is 3.46. The van der Waals surface area contributed by atoms with Crippen LogP contribution in [0.15, 0.2) is 109 Å². The summed E-state index contributed by atoms with van der Waals surface area (Å²) in [5.74, 6) is -0.827. The van der Waals surface area contributed by atoms with Crippen LogP contribution in [0.25, 0.3) is 0 Å². The lowest BCUT2D eigenvalue weighted by Gasteiger charge is -2.19. The van der Waals surface area contributed by atoms with Gasteiger partial charge in [0.15, 0.2) is 6.10 Å². The van der Waals surface area contributed by atoms with Gasteiger partial charge >= 0.3 is 19.8 Å². The molecule has 0 amide bonds. The molecule has 0 aromatic heterocycles. The highest BCUT2D eigenvalue weighted by Gasteiger charge is 2.26. The zero-order chi connectivity index (χ0) is 58.7. The van der Waals surface area contributed by atoms with Gasteiger partial charge in [0.2, 0.25) is 0 Å². The molecule has 0 fully saturated rings. The van der Waals surface area contributed by atoms with Gasteiger partial charge in [-0.2, -0.15) is 0 Å². The monoisotopic (exact) mass is 1150 g/mol. The summed E-state index contributed by atoms with van der Waals surface area (Å²) in [6.07, 6.45) is 90.2. The SMILES string of the molecule is CC/C=C\C/C=C\C/C=C\C/C=C\C/C=C\C/C=C\CCCCCCCCCCCCCCCCCCC(=O)OC(COC(=O)CCCCCCCCCCCC/C=C\C/C=C\C/C=C\CCCCCCC)COP(=O)(O)OCCN. The lowest BCUT2D eigenvalue weighted by molar-refractivity contribution is -0.161. The number of rotatable bonds is 62. The Hall–Kier alpha value is -3.33. The third kappa shape index (κ3) is 65.7. The smallest absolute Gasteiger partial charge is 0.462 e. The number of hydrogen-bond donors (Lipinski definition) is 2. The lowest BCUT2D eigenvalue weighted by atomic mass is 10.0. The first-order valence-corrected chi connectivity index (χ1v) is 34.9. The maximum Gasteiger partial charge on any atom is 0.472 e. The van der Waals surface area contributed by atoms with Crippen molar-refractivity contribution < 1.29 is 37.6 Å². The number of carbonyl (C=O) groups excluding carboxylic acids is 2. The second-order valence-corrected chi connectivity index (χ2v) is 23.4. The normalized spacial score (nSPS) is 13.7. The van der Waals surface area contributed by atoms with Crippen LogP contribution < -0.4 is 5.73 Å². The Balaban J connectivity index is 3.91. The molecule has 81 heavy (non-hydrogen) atoms. The average molecular weight is 1150 g/mol. The summed E-state index contributed by atoms with van der Waals surface area (Å²) in [6.45, 7) is 3.64. The van der Waals surface area contributed by atoms with Gasteiger partial charge < -0.3 is 20.1 Å². The molecule has 9 nitrogen and oxygen atoms in total. The Morgan fingerprint density at radius 1 is 0.383 bits per heavy atom. The molecular weight excluding hydrogens is 1030 g/mol. The molecule has 2 atom stereocenters. The minimum atomic E-state index is -4.40. The predicted octanol–water partition coefficient (Wildman–Crippen LogP) is 21.7. The van der Waals surface area contributed by atoms with Crippen LogP contribution >= 0.6 is 7.82 Å². The first-order chi connectivity index (χ1) is 39.8. The van der Waals surface area contributed by atoms with E-state index in [9.17, 15) is 19.0 Å². The molecule has 3 N–H and O–H groups in total. The number of phosphoric ester groups is 1. The van der Waals surface area contributed by atoms with Gasteiger partial charge in [-0.15, -0.1) is 0 Å². The van der Waals surface area contributed by atoms with E-state index in [1.807, 2.05) is 0 Å². The van der Waals surface area contributed by atoms with Crippen molar-refractivity contribution in [3.8, 4) is 0 Å². The number of phosphoric acid groups is 1. The van der Waals surface area contributed by atoms with Crippen LogP contribution in [-0.4, -0.2) is 49.3 Å². The van der Waals surface area contributed by atoms with Gasteiger partial charge in [0, 0.05) is 19.4 Å². The largest absolute Gasteiger partial charge is 0.472 e. The number of nitrogens with two attached hydrogens (primary N) is 1. The number of esters is 2. The standard InChI is InChI=1S/C71H124NO8P/c1-3-5-7-9-11-13-15-17-19-21-23-25-27-29-30-31-32-33-34-35-36-37-38-40-42-44-46-48-50-52-54-56-58-60-62-64-71(74)80-69(68-79-81(75,76)78-66-65-72)67-77-70(73)63-61-59-57-55-53-51-49-47-45-43-41-39-28-26-24-22-20-18-16-14-12-10-8-6-4-2/h5,7,11,13,16-19,22-25,28-30,32-33,39,69H,3-4,6,8-10,12,14-15,20-21,26-27,31,34-38,40-68,72H2,1-2H3,(H,75,76)/b7-5-,13-11-,18-16-,19-17-,24-22-,25-23-,30-29-,33-32-,39-28-. The van der Waals surface area contributed by atoms with Crippen molar-refractivity contribution in [3.63, 3.8) is 0 Å². The highest BCUT2D eigenvalue weighted by molar-refractivity contribution is 7.47. The van der Waals surface area contributed by atoms with Crippen LogP contribution in [0, 0.1) is 0 Å². The summed E-state index contributed by atoms with van der Waals surface area (Å²) < 4.78 is 33.1. The van der Waals surface area contributed by atoms with E-state index >= 15 is 0 Å². The summed E-state index contributed by atoms with van der Waals surface area (Å²) in [5, 5.41) is 0. The van der Waals surface area contributed by atoms with Gasteiger partial charge in [0.05, 0.1) is 13.2 Å². The molecule has 0 bridgehead atoms. The zero-order valence-corrected chi connectivity index (χ0v) is 53.1. The van der Waals surface area contributed by atoms with E-state index in [1.165, 1.54) is 167 Å². The molecule has 0 aromatic carbocycles. The van der Waals surface area contributed by atoms with E-state index in [0.29, 0.717) is 6.42 Å². The van der Waals surface area contributed by atoms with E-state index in [2.05, 4.69) is 123 Å². The van der Waals surface area contributed by atoms with Gasteiger partial charge in [-0.05, 0) is 103 Å². The molecule has 0 spiro atoms. The molecule has 0 aliphatic heterocycles. The van der Waals surface area contributed by atoms with Gasteiger partial charge in [-0.3, -0.25) is 18.6 Å². The van der Waals surface area contributed by atoms with Crippen molar-refractivity contribution in [2.45, 2.75) is 302 Å². The van der Waals surface area contributed by atoms with Crippen LogP contribution in [0.1, 0.15) is 296 Å². The van der Waals surface area contributed by atoms with Crippen LogP contribution in [0.2, 0.25) is 0 Å². The number of unbranched alkanes of at least 4 members (excludes halogenated alkanes) is 31. The summed E-state index contributed by atoms with van der Waals surface area (Å²) in [5.41, 5.74) is 5.40. The van der Waals surface area contributed by atoms with Crippen molar-refractivity contribution >= 4 is 19.8 Å². The topological polar surface area (TPSA) is 134 Å². The van der Waals surface area contributed by atoms with E-state index in [0.717, 1.165) is 96.3 Å². The van der Waals surface area contributed by atoms with E-state index in [1.54, 1.807) is 0 Å². The van der Waals surface area contributed by atoms with Crippen LogP contribution in [0.5, 0.6) is 0 Å². The fraction of sp³-hybridized carbons (Fsp3) is 0.718. The van der Waals surface area contributed by atoms with Crippen molar-refractivity contribution in [2.24, 2.45) is 5.73 Å². The van der Waals surface area contributed by atoms with E-state index < -0.39 is 26.5 Å². The molecular formula is C71H124NO8P. The molecule has 0 saturated heterocycles. The summed E-state index contributed by atoms with van der Waals surface area (Å²) >= 11 is 0. The molecule has 0 heterocycles. The Bertz CT molecular complexity index is 1690. The summed E-state index contributed by atoms with van der Waals surface area (Å²) in [7, 11) is -4.40. The minimum Gasteiger partial charge on any atom is -0.462 e. The van der Waals surface area contributed by atoms with Gasteiger partial charge in [0.1, 0.15) is 6.61 Å². The quantitative estimate of drug-likeness (QED) is 0.0264. The first kappa shape index (κ1) is 77.7. The van der Waals surface area contributed by atoms with Crippen LogP contribution in [-0.2, 0) is 32.7 Å². The Morgan fingerprint density at radius 2 is 0.679 bits per heavy atom. The lowest BCUT2D eigenvalue weighted by Crippen LogP contribution is -2.29. The molecule has 0 radical (unpaired) electrons. The second kappa shape index (κ2) is 65.8. The molecule has 0 aromatic rings. The molecule has 2 unspecified atom stereocenters. The highest BCUT2D eigenvalue weighted by atomic mass is 31.2. The Morgan fingerprint density at radius 3 is 1.01 bits per heavy atom. The maximum atomic E-state index is 12.8. The maximum absolute atomic E-state index is 12.8. The predicted molar refractivity (Wildman–Crippen MR) is 348 cm³/mol. The number of hydrogen-bond acceptors (Lipinski definition) is 8. The molecule has 0 aliphatic rings. The van der Waals surface area contributed by atoms with Crippen molar-refractivity contribution in [1.29, 1.82) is 0 Å². The van der Waals surface area contributed by atoms with Gasteiger partial charge in [-0.25, -0.2) is 4.57 Å². The van der Waals surface area contributed by atoms with Crippen LogP contribution in [0.4, 0.5) is 0 Å².